The number of benzene rings is 1. The van der Waals surface area contributed by atoms with E-state index in [2.05, 4.69) is 4.98 Å². The second-order valence-electron chi connectivity index (χ2n) is 3.15. The van der Waals surface area contributed by atoms with E-state index in [9.17, 15) is 0 Å². The van der Waals surface area contributed by atoms with Crippen molar-refractivity contribution < 1.29 is 9.47 Å². The van der Waals surface area contributed by atoms with Crippen LogP contribution in [0.1, 0.15) is 0 Å². The lowest BCUT2D eigenvalue weighted by atomic mass is 10.2. The Balaban J connectivity index is 2.38. The van der Waals surface area contributed by atoms with Crippen molar-refractivity contribution in [2.24, 2.45) is 0 Å². The fourth-order valence-electron chi connectivity index (χ4n) is 1.54. The number of ether oxygens (including phenoxy) is 2. The number of halogens is 2. The summed E-state index contributed by atoms with van der Waals surface area (Å²) >= 11 is 11.9. The van der Waals surface area contributed by atoms with Gasteiger partial charge in [-0.1, -0.05) is 23.2 Å². The topological polar surface area (TPSA) is 31.4 Å². The molecule has 0 saturated carbocycles. The third-order valence-corrected chi connectivity index (χ3v) is 2.73. The molecule has 0 fully saturated rings. The number of hydrogen-bond donors (Lipinski definition) is 0. The van der Waals surface area contributed by atoms with Gasteiger partial charge in [-0.3, -0.25) is 0 Å². The number of fused-ring (bicyclic) bond motifs is 2. The van der Waals surface area contributed by atoms with Gasteiger partial charge in [-0.25, -0.2) is 4.98 Å². The van der Waals surface area contributed by atoms with Gasteiger partial charge in [-0.05, 0) is 12.1 Å². The van der Waals surface area contributed by atoms with Crippen LogP contribution in [0.4, 0.5) is 0 Å². The first-order valence-electron chi connectivity index (χ1n) is 4.29. The lowest BCUT2D eigenvalue weighted by molar-refractivity contribution is 0.174. The Morgan fingerprint density at radius 2 is 1.80 bits per heavy atom. The fourth-order valence-corrected chi connectivity index (χ4v) is 2.06. The zero-order chi connectivity index (χ0) is 10.4. The van der Waals surface area contributed by atoms with Crippen molar-refractivity contribution in [1.29, 1.82) is 0 Å². The van der Waals surface area contributed by atoms with E-state index in [-0.39, 0.29) is 6.79 Å². The van der Waals surface area contributed by atoms with Crippen molar-refractivity contribution in [1.82, 2.24) is 4.98 Å². The van der Waals surface area contributed by atoms with E-state index in [0.717, 1.165) is 5.39 Å². The molecule has 0 radical (unpaired) electrons. The highest BCUT2D eigenvalue weighted by Gasteiger charge is 2.16. The maximum atomic E-state index is 6.04. The van der Waals surface area contributed by atoms with Gasteiger partial charge in [0.1, 0.15) is 5.15 Å². The monoisotopic (exact) mass is 241 g/mol. The molecule has 3 rings (SSSR count). The van der Waals surface area contributed by atoms with E-state index in [1.165, 1.54) is 0 Å². The molecule has 0 atom stereocenters. The summed E-state index contributed by atoms with van der Waals surface area (Å²) in [6, 6.07) is 5.19. The molecule has 1 aromatic carbocycles. The highest BCUT2D eigenvalue weighted by atomic mass is 35.5. The molecule has 1 aliphatic rings. The summed E-state index contributed by atoms with van der Waals surface area (Å²) in [5, 5.41) is 1.74. The standard InChI is InChI=1S/C10H5Cl2NO2/c11-6-2-10(12)13-7-3-9-8(1-5(6)7)14-4-15-9/h1-3H,4H2. The van der Waals surface area contributed by atoms with E-state index in [1.807, 2.05) is 6.07 Å². The van der Waals surface area contributed by atoms with Crippen molar-refractivity contribution in [2.75, 3.05) is 6.79 Å². The minimum absolute atomic E-state index is 0.233. The molecule has 3 nitrogen and oxygen atoms in total. The van der Waals surface area contributed by atoms with Crippen LogP contribution in [0.25, 0.3) is 10.9 Å². The third-order valence-electron chi connectivity index (χ3n) is 2.22. The number of hydrogen-bond acceptors (Lipinski definition) is 3. The largest absolute Gasteiger partial charge is 0.454 e. The smallest absolute Gasteiger partial charge is 0.231 e. The predicted molar refractivity (Wildman–Crippen MR) is 57.9 cm³/mol. The first kappa shape index (κ1) is 9.07. The summed E-state index contributed by atoms with van der Waals surface area (Å²) in [5.41, 5.74) is 0.705. The Bertz CT molecular complexity index is 557. The molecule has 1 aliphatic heterocycles. The van der Waals surface area contributed by atoms with Crippen molar-refractivity contribution in [3.05, 3.63) is 28.4 Å². The lowest BCUT2D eigenvalue weighted by Gasteiger charge is -2.02. The molecular weight excluding hydrogens is 237 g/mol. The molecule has 2 heterocycles. The Morgan fingerprint density at radius 1 is 1.07 bits per heavy atom. The zero-order valence-corrected chi connectivity index (χ0v) is 8.97. The predicted octanol–water partition coefficient (Wildman–Crippen LogP) is 3.27. The van der Waals surface area contributed by atoms with E-state index < -0.39 is 0 Å². The third kappa shape index (κ3) is 1.39. The molecule has 0 aliphatic carbocycles. The summed E-state index contributed by atoms with van der Waals surface area (Å²) in [5.74, 6) is 1.36. The summed E-state index contributed by atoms with van der Waals surface area (Å²) in [6.45, 7) is 0.233. The van der Waals surface area contributed by atoms with Gasteiger partial charge in [0.25, 0.3) is 0 Å². The van der Waals surface area contributed by atoms with Crippen molar-refractivity contribution in [3.63, 3.8) is 0 Å². The summed E-state index contributed by atoms with van der Waals surface area (Å²) < 4.78 is 10.5. The van der Waals surface area contributed by atoms with Crippen LogP contribution in [0.5, 0.6) is 11.5 Å². The first-order valence-corrected chi connectivity index (χ1v) is 5.05. The highest BCUT2D eigenvalue weighted by Crippen LogP contribution is 2.38. The van der Waals surface area contributed by atoms with Crippen molar-refractivity contribution in [2.45, 2.75) is 0 Å². The van der Waals surface area contributed by atoms with Crippen LogP contribution in [-0.2, 0) is 0 Å². The first-order chi connectivity index (χ1) is 7.24. The van der Waals surface area contributed by atoms with Gasteiger partial charge >= 0.3 is 0 Å². The molecule has 0 amide bonds. The second-order valence-corrected chi connectivity index (χ2v) is 3.94. The fraction of sp³-hybridized carbons (Fsp3) is 0.100. The highest BCUT2D eigenvalue weighted by molar-refractivity contribution is 6.37. The molecule has 0 saturated heterocycles. The van der Waals surface area contributed by atoms with E-state index in [4.69, 9.17) is 32.7 Å². The van der Waals surface area contributed by atoms with Crippen molar-refractivity contribution in [3.8, 4) is 11.5 Å². The van der Waals surface area contributed by atoms with Gasteiger partial charge in [0.15, 0.2) is 11.5 Å². The second kappa shape index (κ2) is 3.15. The Hall–Kier alpha value is -1.19. The average molecular weight is 242 g/mol. The van der Waals surface area contributed by atoms with Crippen LogP contribution in [0.3, 0.4) is 0 Å². The number of pyridine rings is 1. The number of aromatic nitrogens is 1. The molecule has 0 bridgehead atoms. The molecule has 0 N–H and O–H groups in total. The number of rotatable bonds is 0. The maximum absolute atomic E-state index is 6.04. The van der Waals surface area contributed by atoms with Crippen LogP contribution in [0.2, 0.25) is 10.2 Å². The lowest BCUT2D eigenvalue weighted by Crippen LogP contribution is -1.92. The average Bonchev–Trinajstić information content (AvgIpc) is 2.61. The maximum Gasteiger partial charge on any atom is 0.231 e. The Labute approximate surface area is 95.5 Å². The quantitative estimate of drug-likeness (QED) is 0.664. The molecule has 0 unspecified atom stereocenters. The summed E-state index contributed by atoms with van der Waals surface area (Å²) in [6.07, 6.45) is 0. The zero-order valence-electron chi connectivity index (χ0n) is 7.46. The Morgan fingerprint density at radius 3 is 2.60 bits per heavy atom. The van der Waals surface area contributed by atoms with Gasteiger partial charge in [-0.2, -0.15) is 0 Å². The van der Waals surface area contributed by atoms with Gasteiger partial charge < -0.3 is 9.47 Å². The minimum Gasteiger partial charge on any atom is -0.454 e. The van der Waals surface area contributed by atoms with E-state index in [1.54, 1.807) is 12.1 Å². The molecule has 1 aromatic heterocycles. The van der Waals surface area contributed by atoms with Gasteiger partial charge in [0, 0.05) is 11.5 Å². The van der Waals surface area contributed by atoms with Crippen LogP contribution in [0, 0.1) is 0 Å². The minimum atomic E-state index is 0.233. The molecule has 15 heavy (non-hydrogen) atoms. The number of nitrogens with zero attached hydrogens (tertiary/aromatic N) is 1. The SMILES string of the molecule is Clc1cc(Cl)c2cc3c(cc2n1)OCO3. The Kier molecular flexibility index (Phi) is 1.90. The molecule has 2 aromatic rings. The van der Waals surface area contributed by atoms with Crippen LogP contribution in [-0.4, -0.2) is 11.8 Å². The van der Waals surface area contributed by atoms with Crippen LogP contribution in [0.15, 0.2) is 18.2 Å². The normalized spacial score (nSPS) is 13.5. The summed E-state index contributed by atoms with van der Waals surface area (Å²) in [4.78, 5) is 4.16. The van der Waals surface area contributed by atoms with Gasteiger partial charge in [-0.15, -0.1) is 0 Å². The van der Waals surface area contributed by atoms with E-state index in [0.29, 0.717) is 27.2 Å². The van der Waals surface area contributed by atoms with Crippen molar-refractivity contribution >= 4 is 34.1 Å². The van der Waals surface area contributed by atoms with Gasteiger partial charge in [0.05, 0.1) is 10.5 Å². The molecule has 5 heteroatoms. The van der Waals surface area contributed by atoms with Crippen LogP contribution >= 0.6 is 23.2 Å². The van der Waals surface area contributed by atoms with E-state index >= 15 is 0 Å². The van der Waals surface area contributed by atoms with Gasteiger partial charge in [0.2, 0.25) is 6.79 Å². The summed E-state index contributed by atoms with van der Waals surface area (Å²) in [7, 11) is 0. The molecular formula is C10H5Cl2NO2. The van der Waals surface area contributed by atoms with Crippen LogP contribution < -0.4 is 9.47 Å². The molecule has 76 valence electrons. The molecule has 0 spiro atoms.